The summed E-state index contributed by atoms with van der Waals surface area (Å²) < 4.78 is 0. The number of hydrogen-bond donors (Lipinski definition) is 2. The molecule has 0 radical (unpaired) electrons. The normalized spacial score (nSPS) is 11.9. The second-order valence-electron chi connectivity index (χ2n) is 2.59. The van der Waals surface area contributed by atoms with Gasteiger partial charge in [0.05, 0.1) is 4.92 Å². The SMILES string of the molecule is Cl.NC(CCO)c1csc([N+](=O)[O-])c1. The van der Waals surface area contributed by atoms with Crippen molar-refractivity contribution in [3.05, 3.63) is 27.1 Å². The first-order valence-corrected chi connectivity index (χ1v) is 4.62. The average molecular weight is 239 g/mol. The summed E-state index contributed by atoms with van der Waals surface area (Å²) in [7, 11) is 0. The number of halogens is 1. The van der Waals surface area contributed by atoms with Crippen molar-refractivity contribution < 1.29 is 10.0 Å². The summed E-state index contributed by atoms with van der Waals surface area (Å²) in [5.41, 5.74) is 6.36. The van der Waals surface area contributed by atoms with E-state index in [4.69, 9.17) is 10.8 Å². The second kappa shape index (κ2) is 5.92. The molecule has 5 nitrogen and oxygen atoms in total. The van der Waals surface area contributed by atoms with Crippen LogP contribution in [0.15, 0.2) is 11.4 Å². The Hall–Kier alpha value is -0.690. The van der Waals surface area contributed by atoms with Gasteiger partial charge in [-0.3, -0.25) is 10.1 Å². The molecule has 0 bridgehead atoms. The fourth-order valence-electron chi connectivity index (χ4n) is 0.935. The third-order valence-electron chi connectivity index (χ3n) is 1.65. The van der Waals surface area contributed by atoms with Crippen molar-refractivity contribution in [3.8, 4) is 0 Å². The van der Waals surface area contributed by atoms with Crippen molar-refractivity contribution in [2.75, 3.05) is 6.61 Å². The minimum absolute atomic E-state index is 0. The zero-order valence-corrected chi connectivity index (χ0v) is 8.88. The van der Waals surface area contributed by atoms with Gasteiger partial charge < -0.3 is 10.8 Å². The molecule has 80 valence electrons. The Morgan fingerprint density at radius 2 is 2.36 bits per heavy atom. The maximum Gasteiger partial charge on any atom is 0.324 e. The van der Waals surface area contributed by atoms with Gasteiger partial charge in [0, 0.05) is 24.1 Å². The Balaban J connectivity index is 0.00000169. The van der Waals surface area contributed by atoms with Crippen LogP contribution in [-0.2, 0) is 0 Å². The molecule has 0 aromatic carbocycles. The number of nitrogens with two attached hydrogens (primary N) is 1. The van der Waals surface area contributed by atoms with Crippen molar-refractivity contribution in [2.45, 2.75) is 12.5 Å². The number of nitrogens with zero attached hydrogens (tertiary/aromatic N) is 1. The molecule has 1 aromatic rings. The van der Waals surface area contributed by atoms with Crippen LogP contribution in [0.2, 0.25) is 0 Å². The molecular formula is C7H11ClN2O3S. The standard InChI is InChI=1S/C7H10N2O3S.ClH/c8-6(1-2-10)5-3-7(9(11)12)13-4-5;/h3-4,6,10H,1-2,8H2;1H. The van der Waals surface area contributed by atoms with Gasteiger partial charge in [0.2, 0.25) is 0 Å². The van der Waals surface area contributed by atoms with Gasteiger partial charge in [0.1, 0.15) is 0 Å². The molecule has 14 heavy (non-hydrogen) atoms. The molecule has 0 spiro atoms. The number of aliphatic hydroxyl groups excluding tert-OH is 1. The molecule has 1 rings (SSSR count). The van der Waals surface area contributed by atoms with Gasteiger partial charge in [-0.15, -0.1) is 12.4 Å². The third-order valence-corrected chi connectivity index (χ3v) is 2.55. The molecule has 1 aromatic heterocycles. The first-order valence-electron chi connectivity index (χ1n) is 3.74. The van der Waals surface area contributed by atoms with E-state index in [9.17, 15) is 10.1 Å². The van der Waals surface area contributed by atoms with E-state index < -0.39 is 4.92 Å². The minimum Gasteiger partial charge on any atom is -0.396 e. The molecule has 0 aliphatic carbocycles. The van der Waals surface area contributed by atoms with E-state index in [1.807, 2.05) is 0 Å². The van der Waals surface area contributed by atoms with E-state index in [-0.39, 0.29) is 30.1 Å². The van der Waals surface area contributed by atoms with Crippen molar-refractivity contribution in [1.29, 1.82) is 0 Å². The fourth-order valence-corrected chi connectivity index (χ4v) is 1.72. The molecule has 0 aliphatic heterocycles. The topological polar surface area (TPSA) is 89.4 Å². The monoisotopic (exact) mass is 238 g/mol. The van der Waals surface area contributed by atoms with Gasteiger partial charge in [0.25, 0.3) is 0 Å². The molecule has 0 saturated carbocycles. The number of hydrogen-bond acceptors (Lipinski definition) is 5. The third kappa shape index (κ3) is 3.22. The van der Waals surface area contributed by atoms with Crippen LogP contribution in [0.3, 0.4) is 0 Å². The number of nitro groups is 1. The van der Waals surface area contributed by atoms with Crippen LogP contribution in [0.5, 0.6) is 0 Å². The van der Waals surface area contributed by atoms with Crippen LogP contribution in [0.25, 0.3) is 0 Å². The van der Waals surface area contributed by atoms with Gasteiger partial charge in [-0.05, 0) is 12.0 Å². The Kier molecular flexibility index (Phi) is 5.63. The number of aliphatic hydroxyl groups is 1. The van der Waals surface area contributed by atoms with Gasteiger partial charge in [-0.2, -0.15) is 0 Å². The van der Waals surface area contributed by atoms with Crippen molar-refractivity contribution in [3.63, 3.8) is 0 Å². The van der Waals surface area contributed by atoms with E-state index in [1.165, 1.54) is 6.07 Å². The lowest BCUT2D eigenvalue weighted by Crippen LogP contribution is -2.10. The van der Waals surface area contributed by atoms with E-state index in [0.717, 1.165) is 11.3 Å². The fraction of sp³-hybridized carbons (Fsp3) is 0.429. The van der Waals surface area contributed by atoms with Crippen LogP contribution in [-0.4, -0.2) is 16.6 Å². The lowest BCUT2D eigenvalue weighted by molar-refractivity contribution is -0.380. The molecule has 3 N–H and O–H groups in total. The van der Waals surface area contributed by atoms with Crippen molar-refractivity contribution in [2.24, 2.45) is 5.73 Å². The molecular weight excluding hydrogens is 228 g/mol. The number of thiophene rings is 1. The summed E-state index contributed by atoms with van der Waals surface area (Å²) in [6.07, 6.45) is 0.424. The summed E-state index contributed by atoms with van der Waals surface area (Å²) in [6.45, 7) is -0.00912. The average Bonchev–Trinajstić information content (AvgIpc) is 2.52. The summed E-state index contributed by atoms with van der Waals surface area (Å²) >= 11 is 1.05. The lowest BCUT2D eigenvalue weighted by atomic mass is 10.1. The van der Waals surface area contributed by atoms with Crippen LogP contribution in [0, 0.1) is 10.1 Å². The molecule has 1 atom stereocenters. The second-order valence-corrected chi connectivity index (χ2v) is 3.48. The van der Waals surface area contributed by atoms with Crippen molar-refractivity contribution >= 4 is 28.7 Å². The molecule has 7 heteroatoms. The first kappa shape index (κ1) is 13.3. The quantitative estimate of drug-likeness (QED) is 0.614. The van der Waals surface area contributed by atoms with E-state index in [1.54, 1.807) is 5.38 Å². The smallest absolute Gasteiger partial charge is 0.324 e. The first-order chi connectivity index (χ1) is 6.15. The van der Waals surface area contributed by atoms with Crippen LogP contribution >= 0.6 is 23.7 Å². The van der Waals surface area contributed by atoms with Gasteiger partial charge in [0.15, 0.2) is 0 Å². The molecule has 0 amide bonds. The highest BCUT2D eigenvalue weighted by atomic mass is 35.5. The van der Waals surface area contributed by atoms with E-state index in [0.29, 0.717) is 12.0 Å². The molecule has 0 aliphatic rings. The van der Waals surface area contributed by atoms with Crippen molar-refractivity contribution in [1.82, 2.24) is 0 Å². The zero-order chi connectivity index (χ0) is 9.84. The molecule has 1 heterocycles. The maximum atomic E-state index is 10.3. The van der Waals surface area contributed by atoms with Gasteiger partial charge in [-0.25, -0.2) is 0 Å². The zero-order valence-electron chi connectivity index (χ0n) is 7.25. The van der Waals surface area contributed by atoms with Gasteiger partial charge in [-0.1, -0.05) is 11.3 Å². The minimum atomic E-state index is -0.445. The largest absolute Gasteiger partial charge is 0.396 e. The lowest BCUT2D eigenvalue weighted by Gasteiger charge is -2.05. The summed E-state index contributed by atoms with van der Waals surface area (Å²) in [6, 6.07) is 1.14. The molecule has 0 saturated heterocycles. The Morgan fingerprint density at radius 1 is 1.71 bits per heavy atom. The molecule has 1 unspecified atom stereocenters. The Morgan fingerprint density at radius 3 is 2.79 bits per heavy atom. The number of rotatable bonds is 4. The highest BCUT2D eigenvalue weighted by Crippen LogP contribution is 2.26. The summed E-state index contributed by atoms with van der Waals surface area (Å²) in [5, 5.41) is 20.7. The highest BCUT2D eigenvalue weighted by molar-refractivity contribution is 7.13. The summed E-state index contributed by atoms with van der Waals surface area (Å²) in [4.78, 5) is 9.88. The predicted molar refractivity (Wildman–Crippen MR) is 56.9 cm³/mol. The summed E-state index contributed by atoms with van der Waals surface area (Å²) in [5.74, 6) is 0. The van der Waals surface area contributed by atoms with Gasteiger partial charge >= 0.3 is 5.00 Å². The highest BCUT2D eigenvalue weighted by Gasteiger charge is 2.13. The predicted octanol–water partition coefficient (Wildman–Crippen LogP) is 1.46. The Labute approximate surface area is 91.1 Å². The molecule has 0 fully saturated rings. The Bertz CT molecular complexity index is 305. The van der Waals surface area contributed by atoms with Crippen LogP contribution < -0.4 is 5.73 Å². The van der Waals surface area contributed by atoms with E-state index in [2.05, 4.69) is 0 Å². The van der Waals surface area contributed by atoms with Crippen LogP contribution in [0.1, 0.15) is 18.0 Å². The van der Waals surface area contributed by atoms with E-state index >= 15 is 0 Å². The van der Waals surface area contributed by atoms with Crippen LogP contribution in [0.4, 0.5) is 5.00 Å². The maximum absolute atomic E-state index is 10.3.